The summed E-state index contributed by atoms with van der Waals surface area (Å²) in [6, 6.07) is 16.4. The lowest BCUT2D eigenvalue weighted by Gasteiger charge is -2.22. The van der Waals surface area contributed by atoms with E-state index in [4.69, 9.17) is 14.2 Å². The molecule has 1 unspecified atom stereocenters. The van der Waals surface area contributed by atoms with Crippen molar-refractivity contribution in [3.05, 3.63) is 89.6 Å². The summed E-state index contributed by atoms with van der Waals surface area (Å²) in [5.74, 6) is -1.37. The molecule has 3 aromatic carbocycles. The van der Waals surface area contributed by atoms with Gasteiger partial charge in [0.1, 0.15) is 5.82 Å². The number of aromatic nitrogens is 1. The third kappa shape index (κ3) is 4.80. The highest BCUT2D eigenvalue weighted by Crippen LogP contribution is 2.40. The van der Waals surface area contributed by atoms with E-state index in [1.165, 1.54) is 0 Å². The number of fused-ring (bicyclic) bond motifs is 1. The zero-order valence-electron chi connectivity index (χ0n) is 18.7. The summed E-state index contributed by atoms with van der Waals surface area (Å²) in [7, 11) is 3.13. The number of carbonyl (C=O) groups is 1. The van der Waals surface area contributed by atoms with Gasteiger partial charge in [0.2, 0.25) is 0 Å². The molecule has 0 saturated heterocycles. The molecule has 0 aliphatic heterocycles. The highest BCUT2D eigenvalue weighted by molar-refractivity contribution is 5.84. The van der Waals surface area contributed by atoms with E-state index in [0.29, 0.717) is 17.6 Å². The molecule has 0 radical (unpaired) electrons. The molecule has 4 rings (SSSR count). The molecule has 0 spiro atoms. The smallest absolute Gasteiger partial charge is 0.257 e. The van der Waals surface area contributed by atoms with E-state index < -0.39 is 24.1 Å². The summed E-state index contributed by atoms with van der Waals surface area (Å²) in [4.78, 5) is 15.8. The van der Waals surface area contributed by atoms with Crippen molar-refractivity contribution >= 4 is 16.8 Å². The Hall–Kier alpha value is -4.07. The second-order valence-corrected chi connectivity index (χ2v) is 7.59. The van der Waals surface area contributed by atoms with Gasteiger partial charge in [0.05, 0.1) is 14.2 Å². The lowest BCUT2D eigenvalue weighted by atomic mass is 9.90. The number of ether oxygens (including phenoxy) is 3. The van der Waals surface area contributed by atoms with Gasteiger partial charge in [-0.25, -0.2) is 8.78 Å². The number of para-hydroxylation sites is 2. The minimum absolute atomic E-state index is 0.195. The van der Waals surface area contributed by atoms with Crippen LogP contribution in [0.4, 0.5) is 8.78 Å². The number of halogens is 2. The normalized spacial score (nSPS) is 11.8. The van der Waals surface area contributed by atoms with Crippen molar-refractivity contribution in [3.8, 4) is 17.2 Å². The van der Waals surface area contributed by atoms with Gasteiger partial charge in [0, 0.05) is 41.2 Å². The van der Waals surface area contributed by atoms with Crippen LogP contribution in [0, 0.1) is 11.6 Å². The van der Waals surface area contributed by atoms with E-state index in [1.807, 2.05) is 42.6 Å². The monoisotopic (exact) mass is 466 g/mol. The standard InChI is InChI=1S/C26H24F2N2O4/c1-32-24-9-5-7-18(26(24)33-2)20(19-13-29-22-8-4-3-6-17(19)22)14-30-25(31)15-34-23-11-10-16(27)12-21(23)28/h3-13,20,29H,14-15H2,1-2H3,(H,30,31). The largest absolute Gasteiger partial charge is 0.493 e. The van der Waals surface area contributed by atoms with E-state index in [2.05, 4.69) is 10.3 Å². The number of nitrogens with one attached hydrogen (secondary N) is 2. The summed E-state index contributed by atoms with van der Waals surface area (Å²) in [6.07, 6.45) is 1.91. The molecule has 1 heterocycles. The van der Waals surface area contributed by atoms with Gasteiger partial charge in [0.25, 0.3) is 5.91 Å². The molecular weight excluding hydrogens is 442 g/mol. The van der Waals surface area contributed by atoms with Gasteiger partial charge < -0.3 is 24.5 Å². The first-order valence-electron chi connectivity index (χ1n) is 10.6. The molecule has 1 aromatic heterocycles. The minimum Gasteiger partial charge on any atom is -0.493 e. The van der Waals surface area contributed by atoms with E-state index in [1.54, 1.807) is 20.3 Å². The van der Waals surface area contributed by atoms with Crippen LogP contribution in [-0.2, 0) is 4.79 Å². The van der Waals surface area contributed by atoms with Crippen LogP contribution in [0.5, 0.6) is 17.2 Å². The van der Waals surface area contributed by atoms with Crippen LogP contribution >= 0.6 is 0 Å². The topological polar surface area (TPSA) is 72.6 Å². The lowest BCUT2D eigenvalue weighted by Crippen LogP contribution is -2.33. The Morgan fingerprint density at radius 1 is 0.971 bits per heavy atom. The zero-order chi connectivity index (χ0) is 24.1. The summed E-state index contributed by atoms with van der Waals surface area (Å²) in [5, 5.41) is 3.86. The predicted octanol–water partition coefficient (Wildman–Crippen LogP) is 4.79. The number of H-pyrrole nitrogens is 1. The second-order valence-electron chi connectivity index (χ2n) is 7.59. The van der Waals surface area contributed by atoms with E-state index >= 15 is 0 Å². The molecule has 2 N–H and O–H groups in total. The van der Waals surface area contributed by atoms with Crippen molar-refractivity contribution in [2.24, 2.45) is 0 Å². The lowest BCUT2D eigenvalue weighted by molar-refractivity contribution is -0.123. The Balaban J connectivity index is 1.59. The van der Waals surface area contributed by atoms with Crippen molar-refractivity contribution in [1.29, 1.82) is 0 Å². The van der Waals surface area contributed by atoms with E-state index in [0.717, 1.165) is 34.2 Å². The number of methoxy groups -OCH3 is 2. The third-order valence-electron chi connectivity index (χ3n) is 5.56. The van der Waals surface area contributed by atoms with E-state index in [9.17, 15) is 13.6 Å². The first kappa shape index (κ1) is 23.1. The number of aromatic amines is 1. The van der Waals surface area contributed by atoms with Gasteiger partial charge in [-0.1, -0.05) is 30.3 Å². The average molecular weight is 466 g/mol. The van der Waals surface area contributed by atoms with Crippen LogP contribution in [0.25, 0.3) is 10.9 Å². The molecule has 4 aromatic rings. The van der Waals surface area contributed by atoms with Crippen molar-refractivity contribution < 1.29 is 27.8 Å². The van der Waals surface area contributed by atoms with Crippen LogP contribution < -0.4 is 19.5 Å². The fourth-order valence-electron chi connectivity index (χ4n) is 3.96. The van der Waals surface area contributed by atoms with Crippen LogP contribution in [0.3, 0.4) is 0 Å². The Kier molecular flexibility index (Phi) is 6.96. The summed E-state index contributed by atoms with van der Waals surface area (Å²) >= 11 is 0. The number of rotatable bonds is 9. The first-order chi connectivity index (χ1) is 16.5. The molecule has 0 aliphatic rings. The number of carbonyl (C=O) groups excluding carboxylic acids is 1. The molecule has 0 fully saturated rings. The molecule has 0 saturated carbocycles. The van der Waals surface area contributed by atoms with Crippen LogP contribution in [0.15, 0.2) is 66.9 Å². The maximum atomic E-state index is 13.8. The molecule has 34 heavy (non-hydrogen) atoms. The van der Waals surface area contributed by atoms with Gasteiger partial charge in [-0.2, -0.15) is 0 Å². The average Bonchev–Trinajstić information content (AvgIpc) is 3.27. The Bertz CT molecular complexity index is 1310. The SMILES string of the molecule is COc1cccc(C(CNC(=O)COc2ccc(F)cc2F)c2c[nH]c3ccccc23)c1OC. The summed E-state index contributed by atoms with van der Waals surface area (Å²) < 4.78 is 43.2. The number of hydrogen-bond donors (Lipinski definition) is 2. The Morgan fingerprint density at radius 2 is 1.79 bits per heavy atom. The summed E-state index contributed by atoms with van der Waals surface area (Å²) in [5.41, 5.74) is 2.76. The van der Waals surface area contributed by atoms with Crippen LogP contribution in [0.2, 0.25) is 0 Å². The van der Waals surface area contributed by atoms with Gasteiger partial charge in [-0.3, -0.25) is 4.79 Å². The second kappa shape index (κ2) is 10.2. The van der Waals surface area contributed by atoms with Gasteiger partial charge >= 0.3 is 0 Å². The van der Waals surface area contributed by atoms with Crippen molar-refractivity contribution in [1.82, 2.24) is 10.3 Å². The van der Waals surface area contributed by atoms with Crippen LogP contribution in [-0.4, -0.2) is 38.3 Å². The number of amides is 1. The minimum atomic E-state index is -0.870. The molecular formula is C26H24F2N2O4. The Morgan fingerprint density at radius 3 is 2.56 bits per heavy atom. The van der Waals surface area contributed by atoms with E-state index in [-0.39, 0.29) is 18.2 Å². The highest BCUT2D eigenvalue weighted by atomic mass is 19.1. The van der Waals surface area contributed by atoms with Crippen molar-refractivity contribution in [2.75, 3.05) is 27.4 Å². The molecule has 0 bridgehead atoms. The molecule has 0 aliphatic carbocycles. The molecule has 176 valence electrons. The van der Waals surface area contributed by atoms with Gasteiger partial charge in [0.15, 0.2) is 29.7 Å². The third-order valence-corrected chi connectivity index (χ3v) is 5.56. The quantitative estimate of drug-likeness (QED) is 0.372. The molecule has 1 amide bonds. The fraction of sp³-hybridized carbons (Fsp3) is 0.192. The molecule has 1 atom stereocenters. The van der Waals surface area contributed by atoms with Gasteiger partial charge in [-0.15, -0.1) is 0 Å². The molecule has 8 heteroatoms. The summed E-state index contributed by atoms with van der Waals surface area (Å²) in [6.45, 7) is -0.197. The highest BCUT2D eigenvalue weighted by Gasteiger charge is 2.24. The van der Waals surface area contributed by atoms with Crippen molar-refractivity contribution in [2.45, 2.75) is 5.92 Å². The Labute approximate surface area is 195 Å². The molecule has 6 nitrogen and oxygen atoms in total. The van der Waals surface area contributed by atoms with Crippen molar-refractivity contribution in [3.63, 3.8) is 0 Å². The fourth-order valence-corrected chi connectivity index (χ4v) is 3.96. The zero-order valence-corrected chi connectivity index (χ0v) is 18.7. The number of benzene rings is 3. The maximum absolute atomic E-state index is 13.8. The van der Waals surface area contributed by atoms with Gasteiger partial charge in [-0.05, 0) is 29.8 Å². The maximum Gasteiger partial charge on any atom is 0.257 e. The predicted molar refractivity (Wildman–Crippen MR) is 125 cm³/mol. The number of hydrogen-bond acceptors (Lipinski definition) is 4. The first-order valence-corrected chi connectivity index (χ1v) is 10.6. The van der Waals surface area contributed by atoms with Crippen LogP contribution in [0.1, 0.15) is 17.0 Å².